The maximum absolute atomic E-state index is 11.0. The molecule has 0 aromatic heterocycles. The molecule has 66 valence electrons. The lowest BCUT2D eigenvalue weighted by Crippen LogP contribution is -2.52. The van der Waals surface area contributed by atoms with Crippen LogP contribution in [-0.4, -0.2) is 48.4 Å². The Morgan fingerprint density at radius 3 is 2.75 bits per heavy atom. The summed E-state index contributed by atoms with van der Waals surface area (Å²) in [5.74, 6) is 2.78. The number of carbonyl (C=O) groups is 1. The molecule has 1 rings (SSSR count). The van der Waals surface area contributed by atoms with E-state index in [0.29, 0.717) is 6.54 Å². The molecule has 3 heteroatoms. The van der Waals surface area contributed by atoms with Crippen LogP contribution in [0.3, 0.4) is 0 Å². The van der Waals surface area contributed by atoms with Gasteiger partial charge in [0.2, 0.25) is 5.91 Å². The standard InChI is InChI=1S/C9H14N2O/c1-4-9-7-11(8(2)12)6-5-10(9)3/h1,9H,5-7H2,2-3H3/t9-/m1/s1. The molecule has 0 aromatic carbocycles. The average molecular weight is 166 g/mol. The molecule has 0 spiro atoms. The molecule has 0 N–H and O–H groups in total. The third kappa shape index (κ3) is 1.77. The van der Waals surface area contributed by atoms with Gasteiger partial charge in [0, 0.05) is 26.6 Å². The van der Waals surface area contributed by atoms with E-state index in [9.17, 15) is 4.79 Å². The van der Waals surface area contributed by atoms with E-state index < -0.39 is 0 Å². The number of likely N-dealkylation sites (N-methyl/N-ethyl adjacent to an activating group) is 1. The minimum Gasteiger partial charge on any atom is -0.339 e. The predicted molar refractivity (Wildman–Crippen MR) is 47.5 cm³/mol. The molecule has 3 nitrogen and oxygen atoms in total. The number of terminal acetylenes is 1. The molecular formula is C9H14N2O. The normalized spacial score (nSPS) is 25.1. The largest absolute Gasteiger partial charge is 0.339 e. The molecule has 1 heterocycles. The van der Waals surface area contributed by atoms with E-state index in [2.05, 4.69) is 10.8 Å². The van der Waals surface area contributed by atoms with Crippen molar-refractivity contribution in [1.82, 2.24) is 9.80 Å². The first-order valence-corrected chi connectivity index (χ1v) is 4.07. The summed E-state index contributed by atoms with van der Waals surface area (Å²) in [6.07, 6.45) is 5.33. The highest BCUT2D eigenvalue weighted by Crippen LogP contribution is 2.06. The smallest absolute Gasteiger partial charge is 0.219 e. The third-order valence-corrected chi connectivity index (χ3v) is 2.29. The number of carbonyl (C=O) groups excluding carboxylic acids is 1. The maximum Gasteiger partial charge on any atom is 0.219 e. The average Bonchev–Trinajstić information content (AvgIpc) is 2.05. The van der Waals surface area contributed by atoms with Crippen molar-refractivity contribution >= 4 is 5.91 Å². The molecule has 0 unspecified atom stereocenters. The highest BCUT2D eigenvalue weighted by atomic mass is 16.2. The van der Waals surface area contributed by atoms with Gasteiger partial charge in [-0.05, 0) is 7.05 Å². The quantitative estimate of drug-likeness (QED) is 0.465. The second-order valence-electron chi connectivity index (χ2n) is 3.13. The minimum absolute atomic E-state index is 0.0858. The molecule has 0 radical (unpaired) electrons. The van der Waals surface area contributed by atoms with Crippen LogP contribution in [0, 0.1) is 12.3 Å². The van der Waals surface area contributed by atoms with E-state index in [-0.39, 0.29) is 11.9 Å². The molecule has 0 bridgehead atoms. The van der Waals surface area contributed by atoms with Crippen LogP contribution >= 0.6 is 0 Å². The summed E-state index contributed by atoms with van der Waals surface area (Å²) >= 11 is 0. The molecule has 1 aliphatic heterocycles. The molecule has 1 aliphatic rings. The number of rotatable bonds is 0. The second-order valence-corrected chi connectivity index (χ2v) is 3.13. The van der Waals surface area contributed by atoms with Crippen LogP contribution in [0.15, 0.2) is 0 Å². The Labute approximate surface area is 73.3 Å². The van der Waals surface area contributed by atoms with Gasteiger partial charge < -0.3 is 4.90 Å². The van der Waals surface area contributed by atoms with Crippen molar-refractivity contribution in [2.24, 2.45) is 0 Å². The van der Waals surface area contributed by atoms with Crippen LogP contribution in [0.2, 0.25) is 0 Å². The van der Waals surface area contributed by atoms with Crippen LogP contribution in [0.25, 0.3) is 0 Å². The Morgan fingerprint density at radius 1 is 1.58 bits per heavy atom. The molecule has 0 aliphatic carbocycles. The van der Waals surface area contributed by atoms with Gasteiger partial charge in [-0.3, -0.25) is 9.69 Å². The lowest BCUT2D eigenvalue weighted by molar-refractivity contribution is -0.130. The van der Waals surface area contributed by atoms with Crippen molar-refractivity contribution in [2.45, 2.75) is 13.0 Å². The van der Waals surface area contributed by atoms with E-state index in [4.69, 9.17) is 6.42 Å². The first-order chi connectivity index (χ1) is 5.65. The van der Waals surface area contributed by atoms with Gasteiger partial charge in [-0.1, -0.05) is 5.92 Å². The first-order valence-electron chi connectivity index (χ1n) is 4.07. The summed E-state index contributed by atoms with van der Waals surface area (Å²) in [5.41, 5.74) is 0. The van der Waals surface area contributed by atoms with Crippen LogP contribution < -0.4 is 0 Å². The number of hydrogen-bond acceptors (Lipinski definition) is 2. The third-order valence-electron chi connectivity index (χ3n) is 2.29. The topological polar surface area (TPSA) is 23.6 Å². The Morgan fingerprint density at radius 2 is 2.25 bits per heavy atom. The molecule has 1 atom stereocenters. The number of amides is 1. The van der Waals surface area contributed by atoms with Crippen molar-refractivity contribution in [3.05, 3.63) is 0 Å². The maximum atomic E-state index is 11.0. The molecular weight excluding hydrogens is 152 g/mol. The summed E-state index contributed by atoms with van der Waals surface area (Å²) in [6.45, 7) is 3.92. The minimum atomic E-state index is 0.0858. The summed E-state index contributed by atoms with van der Waals surface area (Å²) < 4.78 is 0. The van der Waals surface area contributed by atoms with E-state index in [1.807, 2.05) is 7.05 Å². The van der Waals surface area contributed by atoms with Gasteiger partial charge in [0.25, 0.3) is 0 Å². The fraction of sp³-hybridized carbons (Fsp3) is 0.667. The van der Waals surface area contributed by atoms with Crippen molar-refractivity contribution in [2.75, 3.05) is 26.7 Å². The number of piperazine rings is 1. The van der Waals surface area contributed by atoms with E-state index in [1.54, 1.807) is 11.8 Å². The van der Waals surface area contributed by atoms with Gasteiger partial charge in [0.05, 0.1) is 6.04 Å². The molecule has 1 saturated heterocycles. The van der Waals surface area contributed by atoms with Crippen LogP contribution in [-0.2, 0) is 4.79 Å². The fourth-order valence-corrected chi connectivity index (χ4v) is 1.34. The second kappa shape index (κ2) is 3.59. The van der Waals surface area contributed by atoms with E-state index >= 15 is 0 Å². The zero-order valence-electron chi connectivity index (χ0n) is 7.58. The monoisotopic (exact) mass is 166 g/mol. The summed E-state index contributed by atoms with van der Waals surface area (Å²) in [6, 6.07) is 0.0858. The fourth-order valence-electron chi connectivity index (χ4n) is 1.34. The molecule has 0 saturated carbocycles. The lowest BCUT2D eigenvalue weighted by atomic mass is 10.2. The van der Waals surface area contributed by atoms with Gasteiger partial charge in [-0.15, -0.1) is 6.42 Å². The Hall–Kier alpha value is -1.01. The molecule has 1 fully saturated rings. The molecule has 12 heavy (non-hydrogen) atoms. The van der Waals surface area contributed by atoms with Crippen molar-refractivity contribution in [3.63, 3.8) is 0 Å². The van der Waals surface area contributed by atoms with Gasteiger partial charge in [0.15, 0.2) is 0 Å². The van der Waals surface area contributed by atoms with Crippen molar-refractivity contribution in [3.8, 4) is 12.3 Å². The van der Waals surface area contributed by atoms with Crippen LogP contribution in [0.1, 0.15) is 6.92 Å². The van der Waals surface area contributed by atoms with Crippen LogP contribution in [0.4, 0.5) is 0 Å². The number of hydrogen-bond donors (Lipinski definition) is 0. The highest BCUT2D eigenvalue weighted by molar-refractivity contribution is 5.73. The lowest BCUT2D eigenvalue weighted by Gasteiger charge is -2.36. The zero-order valence-corrected chi connectivity index (χ0v) is 7.58. The van der Waals surface area contributed by atoms with E-state index in [0.717, 1.165) is 13.1 Å². The van der Waals surface area contributed by atoms with Gasteiger partial charge in [-0.2, -0.15) is 0 Å². The van der Waals surface area contributed by atoms with Gasteiger partial charge in [0.1, 0.15) is 0 Å². The zero-order chi connectivity index (χ0) is 9.14. The van der Waals surface area contributed by atoms with Gasteiger partial charge in [-0.25, -0.2) is 0 Å². The van der Waals surface area contributed by atoms with Crippen LogP contribution in [0.5, 0.6) is 0 Å². The first kappa shape index (κ1) is 9.08. The molecule has 1 amide bonds. The van der Waals surface area contributed by atoms with E-state index in [1.165, 1.54) is 0 Å². The Kier molecular flexibility index (Phi) is 2.72. The Balaban J connectivity index is 2.57. The summed E-state index contributed by atoms with van der Waals surface area (Å²) in [4.78, 5) is 14.9. The summed E-state index contributed by atoms with van der Waals surface area (Å²) in [7, 11) is 1.99. The SMILES string of the molecule is C#C[C@@H]1CN(C(C)=O)CCN1C. The van der Waals surface area contributed by atoms with Gasteiger partial charge >= 0.3 is 0 Å². The van der Waals surface area contributed by atoms with Crippen molar-refractivity contribution < 1.29 is 4.79 Å². The van der Waals surface area contributed by atoms with Crippen molar-refractivity contribution in [1.29, 1.82) is 0 Å². The summed E-state index contributed by atoms with van der Waals surface area (Å²) in [5, 5.41) is 0. The highest BCUT2D eigenvalue weighted by Gasteiger charge is 2.23. The Bertz CT molecular complexity index is 219. The number of nitrogens with zero attached hydrogens (tertiary/aromatic N) is 2. The molecule has 0 aromatic rings. The predicted octanol–water partition coefficient (Wildman–Crippen LogP) is -0.218.